The zero-order valence-corrected chi connectivity index (χ0v) is 31.7. The van der Waals surface area contributed by atoms with Gasteiger partial charge in [-0.15, -0.1) is 0 Å². The molecule has 0 aliphatic heterocycles. The number of hydrogen-bond donors (Lipinski definition) is 4. The van der Waals surface area contributed by atoms with Crippen molar-refractivity contribution in [1.29, 1.82) is 0 Å². The van der Waals surface area contributed by atoms with Crippen LogP contribution in [0, 0.1) is 0 Å². The second-order valence-corrected chi connectivity index (χ2v) is 14.4. The quantitative estimate of drug-likeness (QED) is 0.106. The maximum atomic E-state index is 11.9. The third kappa shape index (κ3) is 17.0. The molecular weight excluding hydrogens is 690 g/mol. The van der Waals surface area contributed by atoms with Crippen LogP contribution in [0.1, 0.15) is 63.8 Å². The van der Waals surface area contributed by atoms with Crippen molar-refractivity contribution in [2.24, 2.45) is 5.73 Å². The van der Waals surface area contributed by atoms with Crippen LogP contribution in [0.3, 0.4) is 0 Å². The molecule has 5 N–H and O–H groups in total. The van der Waals surface area contributed by atoms with Gasteiger partial charge in [0.2, 0.25) is 5.91 Å². The molecule has 4 rings (SSSR count). The summed E-state index contributed by atoms with van der Waals surface area (Å²) < 4.78 is 21.7. The first-order valence-corrected chi connectivity index (χ1v) is 17.5. The lowest BCUT2D eigenvalue weighted by Gasteiger charge is -2.22. The molecule has 4 aromatic carbocycles. The summed E-state index contributed by atoms with van der Waals surface area (Å²) in [6.07, 6.45) is -1.01. The molecule has 0 aromatic heterocycles. The highest BCUT2D eigenvalue weighted by Gasteiger charge is 2.25. The van der Waals surface area contributed by atoms with Crippen molar-refractivity contribution in [3.63, 3.8) is 0 Å². The lowest BCUT2D eigenvalue weighted by atomic mass is 10.1. The minimum absolute atomic E-state index is 0.146. The summed E-state index contributed by atoms with van der Waals surface area (Å²) in [5.74, 6) is -0.330. The molecule has 12 nitrogen and oxygen atoms in total. The van der Waals surface area contributed by atoms with E-state index in [1.54, 1.807) is 65.8 Å². The van der Waals surface area contributed by atoms with Crippen LogP contribution in [-0.4, -0.2) is 52.5 Å². The van der Waals surface area contributed by atoms with Gasteiger partial charge in [0.25, 0.3) is 0 Å². The zero-order valence-electron chi connectivity index (χ0n) is 31.7. The summed E-state index contributed by atoms with van der Waals surface area (Å²) >= 11 is 0. The number of ether oxygens (including phenoxy) is 4. The first kappa shape index (κ1) is 42.4. The van der Waals surface area contributed by atoms with Gasteiger partial charge in [-0.2, -0.15) is 0 Å². The second kappa shape index (κ2) is 20.3. The predicted molar refractivity (Wildman–Crippen MR) is 205 cm³/mol. The Labute approximate surface area is 317 Å². The Bertz CT molecular complexity index is 1640. The molecule has 0 saturated carbocycles. The molecule has 0 radical (unpaired) electrons. The number of benzene rings is 4. The first-order valence-electron chi connectivity index (χ1n) is 17.5. The summed E-state index contributed by atoms with van der Waals surface area (Å²) in [6.45, 7) is 11.3. The fourth-order valence-electron chi connectivity index (χ4n) is 4.72. The van der Waals surface area contributed by atoms with E-state index in [9.17, 15) is 24.3 Å². The van der Waals surface area contributed by atoms with Crippen molar-refractivity contribution in [3.8, 4) is 11.5 Å². The highest BCUT2D eigenvalue weighted by Crippen LogP contribution is 2.17. The van der Waals surface area contributed by atoms with Gasteiger partial charge in [0.1, 0.15) is 48.0 Å². The number of alkyl carbamates (subject to hydrolysis) is 2. The average Bonchev–Trinajstić information content (AvgIpc) is 3.10. The van der Waals surface area contributed by atoms with Crippen LogP contribution in [0.25, 0.3) is 0 Å². The van der Waals surface area contributed by atoms with Crippen molar-refractivity contribution in [1.82, 2.24) is 10.6 Å². The molecule has 0 heterocycles. The lowest BCUT2D eigenvalue weighted by Crippen LogP contribution is -2.47. The summed E-state index contributed by atoms with van der Waals surface area (Å²) in [5, 5.41) is 14.3. The summed E-state index contributed by atoms with van der Waals surface area (Å²) in [4.78, 5) is 46.8. The number of amides is 3. The number of nitrogens with two attached hydrogens (primary N) is 1. The summed E-state index contributed by atoms with van der Waals surface area (Å²) in [6, 6.07) is 32.2. The molecule has 3 amide bonds. The third-order valence-corrected chi connectivity index (χ3v) is 7.25. The van der Waals surface area contributed by atoms with Crippen LogP contribution < -0.4 is 25.8 Å². The second-order valence-electron chi connectivity index (χ2n) is 14.4. The maximum absolute atomic E-state index is 11.9. The van der Waals surface area contributed by atoms with E-state index in [-0.39, 0.29) is 12.8 Å². The van der Waals surface area contributed by atoms with Gasteiger partial charge < -0.3 is 40.4 Å². The smallest absolute Gasteiger partial charge is 0.408 e. The molecule has 2 atom stereocenters. The fraction of sp³-hybridized carbons (Fsp3) is 0.333. The number of nitrogens with one attached hydrogen (secondary N) is 2. The highest BCUT2D eigenvalue weighted by atomic mass is 16.6. The molecule has 12 heteroatoms. The Morgan fingerprint density at radius 3 is 1.24 bits per heavy atom. The van der Waals surface area contributed by atoms with E-state index in [0.29, 0.717) is 19.0 Å². The zero-order chi connectivity index (χ0) is 39.7. The van der Waals surface area contributed by atoms with Crippen molar-refractivity contribution >= 4 is 24.1 Å². The maximum Gasteiger partial charge on any atom is 0.408 e. The molecule has 288 valence electrons. The van der Waals surface area contributed by atoms with Crippen molar-refractivity contribution in [2.45, 2.75) is 90.9 Å². The number of carbonyl (C=O) groups excluding carboxylic acids is 3. The van der Waals surface area contributed by atoms with Crippen LogP contribution in [0.4, 0.5) is 9.59 Å². The highest BCUT2D eigenvalue weighted by molar-refractivity contribution is 5.84. The van der Waals surface area contributed by atoms with Gasteiger partial charge in [-0.1, -0.05) is 84.9 Å². The van der Waals surface area contributed by atoms with Gasteiger partial charge in [0, 0.05) is 12.8 Å². The van der Waals surface area contributed by atoms with Crippen LogP contribution in [-0.2, 0) is 45.1 Å². The minimum atomic E-state index is -1.12. The van der Waals surface area contributed by atoms with E-state index in [2.05, 4.69) is 10.6 Å². The van der Waals surface area contributed by atoms with E-state index in [4.69, 9.17) is 24.7 Å². The van der Waals surface area contributed by atoms with Crippen LogP contribution in [0.5, 0.6) is 11.5 Å². The Morgan fingerprint density at radius 1 is 0.556 bits per heavy atom. The van der Waals surface area contributed by atoms with Gasteiger partial charge in [-0.25, -0.2) is 14.4 Å². The topological polar surface area (TPSA) is 176 Å². The van der Waals surface area contributed by atoms with Crippen molar-refractivity contribution in [2.75, 3.05) is 0 Å². The largest absolute Gasteiger partial charge is 0.489 e. The van der Waals surface area contributed by atoms with Gasteiger partial charge in [0.15, 0.2) is 0 Å². The number of carboxylic acids is 1. The van der Waals surface area contributed by atoms with Crippen LogP contribution >= 0.6 is 0 Å². The predicted octanol–water partition coefficient (Wildman–Crippen LogP) is 6.97. The molecule has 4 aromatic rings. The average molecular weight is 742 g/mol. The molecule has 0 fully saturated rings. The normalized spacial score (nSPS) is 12.1. The van der Waals surface area contributed by atoms with Gasteiger partial charge in [-0.05, 0) is 88.1 Å². The Morgan fingerprint density at radius 2 is 0.907 bits per heavy atom. The fourth-order valence-corrected chi connectivity index (χ4v) is 4.72. The number of hydrogen-bond acceptors (Lipinski definition) is 8. The number of primary amides is 1. The van der Waals surface area contributed by atoms with Gasteiger partial charge >= 0.3 is 18.2 Å². The van der Waals surface area contributed by atoms with Crippen LogP contribution in [0.15, 0.2) is 109 Å². The van der Waals surface area contributed by atoms with Crippen molar-refractivity contribution < 1.29 is 43.2 Å². The van der Waals surface area contributed by atoms with Gasteiger partial charge in [-0.3, -0.25) is 4.79 Å². The molecule has 0 unspecified atom stereocenters. The molecule has 0 spiro atoms. The van der Waals surface area contributed by atoms with E-state index in [1.807, 2.05) is 84.9 Å². The lowest BCUT2D eigenvalue weighted by molar-refractivity contribution is -0.139. The van der Waals surface area contributed by atoms with E-state index >= 15 is 0 Å². The number of carboxylic acid groups (broad SMARTS) is 1. The standard InChI is InChI=1S/C21H26N2O4.C21H25NO5/c1-21(2,3)27-20(25)23-18(19(22)24)13-15-9-11-17(12-10-15)26-14-16-7-5-4-6-8-16;1-21(2,3)27-20(25)22-18(19(23)24)13-15-9-11-17(12-10-15)26-14-16-7-5-4-6-8-16/h4-12,18H,13-14H2,1-3H3,(H2,22,24)(H,23,25);4-12,18H,13-14H2,1-3H3,(H,22,25)(H,23,24)/t2*18-/m00/s1. The third-order valence-electron chi connectivity index (χ3n) is 7.25. The number of carbonyl (C=O) groups is 4. The molecule has 0 bridgehead atoms. The number of aliphatic carboxylic acids is 1. The van der Waals surface area contributed by atoms with Crippen molar-refractivity contribution in [3.05, 3.63) is 131 Å². The van der Waals surface area contributed by atoms with Crippen LogP contribution in [0.2, 0.25) is 0 Å². The van der Waals surface area contributed by atoms with E-state index in [1.165, 1.54) is 0 Å². The molecule has 0 aliphatic carbocycles. The van der Waals surface area contributed by atoms with E-state index in [0.717, 1.165) is 28.0 Å². The molecule has 54 heavy (non-hydrogen) atoms. The Kier molecular flexibility index (Phi) is 15.9. The molecular formula is C42H51N3O9. The molecule has 0 aliphatic rings. The summed E-state index contributed by atoms with van der Waals surface area (Å²) in [5.41, 5.74) is 7.83. The molecule has 0 saturated heterocycles. The Hall–Kier alpha value is -6.04. The van der Waals surface area contributed by atoms with E-state index < -0.39 is 47.3 Å². The summed E-state index contributed by atoms with van der Waals surface area (Å²) in [7, 11) is 0. The Balaban J connectivity index is 0.000000290. The minimum Gasteiger partial charge on any atom is -0.489 e. The van der Waals surface area contributed by atoms with Gasteiger partial charge in [0.05, 0.1) is 0 Å². The monoisotopic (exact) mass is 741 g/mol. The first-order chi connectivity index (χ1) is 25.5. The SMILES string of the molecule is CC(C)(C)OC(=O)N[C@@H](Cc1ccc(OCc2ccccc2)cc1)C(=O)O.CC(C)(C)OC(=O)N[C@@H](Cc1ccc(OCc2ccccc2)cc1)C(N)=O. The number of rotatable bonds is 14.